The second-order valence-electron chi connectivity index (χ2n) is 6.01. The zero-order valence-electron chi connectivity index (χ0n) is 11.7. The van der Waals surface area contributed by atoms with Crippen LogP contribution >= 0.6 is 23.2 Å². The summed E-state index contributed by atoms with van der Waals surface area (Å²) in [5.41, 5.74) is -0.0845. The van der Waals surface area contributed by atoms with Crippen LogP contribution in [0.2, 0.25) is 10.2 Å². The fourth-order valence-corrected chi connectivity index (χ4v) is 3.93. The Morgan fingerprint density at radius 1 is 1.45 bits per heavy atom. The maximum Gasteiger partial charge on any atom is 0.303 e. The summed E-state index contributed by atoms with van der Waals surface area (Å²) in [6.07, 6.45) is 0.159. The summed E-state index contributed by atoms with van der Waals surface area (Å²) in [6.45, 7) is 1.94. The van der Waals surface area contributed by atoms with Crippen LogP contribution in [0.1, 0.15) is 19.0 Å². The van der Waals surface area contributed by atoms with E-state index in [0.29, 0.717) is 18.8 Å². The molecule has 0 aromatic carbocycles. The van der Waals surface area contributed by atoms with Crippen molar-refractivity contribution in [1.29, 1.82) is 0 Å². The molecule has 2 fully saturated rings. The van der Waals surface area contributed by atoms with Crippen molar-refractivity contribution in [2.24, 2.45) is 17.8 Å². The van der Waals surface area contributed by atoms with Gasteiger partial charge in [0.05, 0.1) is 10.7 Å². The van der Waals surface area contributed by atoms with Crippen molar-refractivity contribution in [3.8, 4) is 0 Å². The van der Waals surface area contributed by atoms with Crippen LogP contribution in [0.15, 0.2) is 6.07 Å². The zero-order chi connectivity index (χ0) is 16.2. The molecule has 2 unspecified atom stereocenters. The number of hydrogen-bond acceptors (Lipinski definition) is 3. The summed E-state index contributed by atoms with van der Waals surface area (Å²) in [4.78, 5) is 16.3. The number of anilines is 1. The van der Waals surface area contributed by atoms with Gasteiger partial charge in [-0.2, -0.15) is 8.78 Å². The highest BCUT2D eigenvalue weighted by Crippen LogP contribution is 2.55. The Bertz CT molecular complexity index is 624. The molecule has 0 radical (unpaired) electrons. The van der Waals surface area contributed by atoms with E-state index in [4.69, 9.17) is 28.3 Å². The molecule has 22 heavy (non-hydrogen) atoms. The van der Waals surface area contributed by atoms with Crippen LogP contribution < -0.4 is 4.90 Å². The first-order valence-electron chi connectivity index (χ1n) is 6.89. The SMILES string of the molecule is CC(F)(F)c1nc(Cl)cc(N2CC3C(CC(=O)O)C3C2)c1Cl. The third-order valence-corrected chi connectivity index (χ3v) is 5.01. The largest absolute Gasteiger partial charge is 0.481 e. The smallest absolute Gasteiger partial charge is 0.303 e. The molecule has 8 heteroatoms. The minimum Gasteiger partial charge on any atom is -0.481 e. The monoisotopic (exact) mass is 350 g/mol. The number of nitrogens with zero attached hydrogens (tertiary/aromatic N) is 2. The molecule has 0 spiro atoms. The molecule has 2 heterocycles. The summed E-state index contributed by atoms with van der Waals surface area (Å²) in [7, 11) is 0. The number of piperidine rings is 1. The number of halogens is 4. The first-order chi connectivity index (χ1) is 10.2. The summed E-state index contributed by atoms with van der Waals surface area (Å²) >= 11 is 11.9. The Labute approximate surface area is 136 Å². The number of hydrogen-bond donors (Lipinski definition) is 1. The van der Waals surface area contributed by atoms with Gasteiger partial charge in [-0.3, -0.25) is 4.79 Å². The lowest BCUT2D eigenvalue weighted by molar-refractivity contribution is -0.137. The van der Waals surface area contributed by atoms with Crippen molar-refractivity contribution in [3.63, 3.8) is 0 Å². The number of fused-ring (bicyclic) bond motifs is 1. The maximum absolute atomic E-state index is 13.6. The Kier molecular flexibility index (Phi) is 3.72. The van der Waals surface area contributed by atoms with Gasteiger partial charge in [-0.25, -0.2) is 4.98 Å². The van der Waals surface area contributed by atoms with Crippen molar-refractivity contribution >= 4 is 34.9 Å². The van der Waals surface area contributed by atoms with Gasteiger partial charge < -0.3 is 10.0 Å². The van der Waals surface area contributed by atoms with Crippen molar-refractivity contribution in [1.82, 2.24) is 4.98 Å². The van der Waals surface area contributed by atoms with Gasteiger partial charge in [0.1, 0.15) is 10.8 Å². The molecule has 0 amide bonds. The molecule has 2 atom stereocenters. The molecule has 1 aromatic rings. The lowest BCUT2D eigenvalue weighted by atomic mass is 10.1. The van der Waals surface area contributed by atoms with Gasteiger partial charge in [-0.05, 0) is 17.8 Å². The van der Waals surface area contributed by atoms with E-state index < -0.39 is 17.6 Å². The molecule has 120 valence electrons. The second-order valence-corrected chi connectivity index (χ2v) is 6.77. The molecule has 4 nitrogen and oxygen atoms in total. The van der Waals surface area contributed by atoms with Gasteiger partial charge in [-0.1, -0.05) is 23.2 Å². The molecule has 1 aliphatic heterocycles. The van der Waals surface area contributed by atoms with Gasteiger partial charge in [0, 0.05) is 32.5 Å². The fourth-order valence-electron chi connectivity index (χ4n) is 3.36. The first kappa shape index (κ1) is 15.7. The molecule has 2 aliphatic rings. The summed E-state index contributed by atoms with van der Waals surface area (Å²) in [5, 5.41) is 8.71. The Morgan fingerprint density at radius 2 is 2.05 bits per heavy atom. The second kappa shape index (κ2) is 5.20. The maximum atomic E-state index is 13.6. The number of aromatic nitrogens is 1. The van der Waals surface area contributed by atoms with E-state index >= 15 is 0 Å². The zero-order valence-corrected chi connectivity index (χ0v) is 13.2. The van der Waals surface area contributed by atoms with Crippen LogP contribution in [0.4, 0.5) is 14.5 Å². The lowest BCUT2D eigenvalue weighted by Crippen LogP contribution is -2.26. The molecule has 1 saturated heterocycles. The topological polar surface area (TPSA) is 53.4 Å². The Morgan fingerprint density at radius 3 is 2.55 bits per heavy atom. The van der Waals surface area contributed by atoms with Crippen LogP contribution in [-0.4, -0.2) is 29.1 Å². The van der Waals surface area contributed by atoms with Crippen molar-refractivity contribution < 1.29 is 18.7 Å². The van der Waals surface area contributed by atoms with E-state index in [1.165, 1.54) is 6.07 Å². The molecule has 1 aromatic heterocycles. The summed E-state index contributed by atoms with van der Waals surface area (Å²) in [6, 6.07) is 1.48. The van der Waals surface area contributed by atoms with E-state index in [1.807, 2.05) is 4.90 Å². The predicted molar refractivity (Wildman–Crippen MR) is 78.8 cm³/mol. The van der Waals surface area contributed by atoms with Crippen LogP contribution in [0.5, 0.6) is 0 Å². The standard InChI is InChI=1S/C14H14Cl2F2N2O2/c1-14(17,18)13-12(16)9(3-10(15)19-13)20-4-7-6(2-11(21)22)8(7)5-20/h3,6-8H,2,4-5H2,1H3,(H,21,22). The van der Waals surface area contributed by atoms with E-state index in [9.17, 15) is 13.6 Å². The average Bonchev–Trinajstić information content (AvgIpc) is 2.84. The van der Waals surface area contributed by atoms with Crippen molar-refractivity contribution in [2.45, 2.75) is 19.3 Å². The predicted octanol–water partition coefficient (Wildman–Crippen LogP) is 3.66. The number of rotatable bonds is 4. The minimum absolute atomic E-state index is 0.0291. The van der Waals surface area contributed by atoms with Crippen LogP contribution in [0.3, 0.4) is 0 Å². The first-order valence-corrected chi connectivity index (χ1v) is 7.65. The van der Waals surface area contributed by atoms with Gasteiger partial charge in [0.15, 0.2) is 0 Å². The molecule has 1 aliphatic carbocycles. The van der Waals surface area contributed by atoms with Gasteiger partial charge in [0.25, 0.3) is 5.92 Å². The number of pyridine rings is 1. The summed E-state index contributed by atoms with van der Waals surface area (Å²) < 4.78 is 27.1. The van der Waals surface area contributed by atoms with E-state index in [0.717, 1.165) is 6.92 Å². The normalized spacial score (nSPS) is 27.0. The van der Waals surface area contributed by atoms with E-state index in [2.05, 4.69) is 4.98 Å². The highest BCUT2D eigenvalue weighted by atomic mass is 35.5. The third kappa shape index (κ3) is 2.74. The van der Waals surface area contributed by atoms with Crippen LogP contribution in [0.25, 0.3) is 0 Å². The van der Waals surface area contributed by atoms with Gasteiger partial charge >= 0.3 is 5.97 Å². The molecule has 3 rings (SSSR count). The highest BCUT2D eigenvalue weighted by molar-refractivity contribution is 6.35. The Hall–Kier alpha value is -1.14. The molecule has 0 bridgehead atoms. The molecule has 1 N–H and O–H groups in total. The number of aliphatic carboxylic acids is 1. The average molecular weight is 351 g/mol. The molecular formula is C14H14Cl2F2N2O2. The van der Waals surface area contributed by atoms with Crippen molar-refractivity contribution in [2.75, 3.05) is 18.0 Å². The van der Waals surface area contributed by atoms with Crippen LogP contribution in [0, 0.1) is 17.8 Å². The number of carboxylic acid groups (broad SMARTS) is 1. The number of carboxylic acids is 1. The Balaban J connectivity index is 1.81. The van der Waals surface area contributed by atoms with Crippen molar-refractivity contribution in [3.05, 3.63) is 21.9 Å². The lowest BCUT2D eigenvalue weighted by Gasteiger charge is -2.25. The van der Waals surface area contributed by atoms with Gasteiger partial charge in [0.2, 0.25) is 0 Å². The molecular weight excluding hydrogens is 337 g/mol. The van der Waals surface area contributed by atoms with Gasteiger partial charge in [-0.15, -0.1) is 0 Å². The van der Waals surface area contributed by atoms with E-state index in [1.54, 1.807) is 0 Å². The van der Waals surface area contributed by atoms with Crippen LogP contribution in [-0.2, 0) is 10.7 Å². The summed E-state index contributed by atoms with van der Waals surface area (Å²) in [5.74, 6) is -3.24. The number of carbonyl (C=O) groups is 1. The van der Waals surface area contributed by atoms with E-state index in [-0.39, 0.29) is 34.4 Å². The quantitative estimate of drug-likeness (QED) is 0.842. The molecule has 1 saturated carbocycles. The minimum atomic E-state index is -3.18. The number of alkyl halides is 2. The third-order valence-electron chi connectivity index (χ3n) is 4.45. The fraction of sp³-hybridized carbons (Fsp3) is 0.571. The highest BCUT2D eigenvalue weighted by Gasteiger charge is 2.56.